The van der Waals surface area contributed by atoms with Crippen molar-refractivity contribution in [2.45, 2.75) is 57.2 Å². The number of carboxylic acids is 1. The molecule has 4 rings (SSSR count). The molecule has 1 aromatic heterocycles. The molecule has 9 heteroatoms. The Kier molecular flexibility index (Phi) is 10.0. The van der Waals surface area contributed by atoms with Gasteiger partial charge in [-0.3, -0.25) is 9.78 Å². The number of aliphatic hydroxyl groups excluding tert-OH is 1. The topological polar surface area (TPSA) is 82.9 Å². The third-order valence-electron chi connectivity index (χ3n) is 8.08. The van der Waals surface area contributed by atoms with E-state index in [-0.39, 0.29) is 12.3 Å². The van der Waals surface area contributed by atoms with Crippen LogP contribution in [0.15, 0.2) is 54.7 Å². The molecule has 6 nitrogen and oxygen atoms in total. The molecule has 0 amide bonds. The van der Waals surface area contributed by atoms with Gasteiger partial charge in [0.25, 0.3) is 0 Å². The van der Waals surface area contributed by atoms with E-state index in [0.29, 0.717) is 30.9 Å². The average Bonchev–Trinajstić information content (AvgIpc) is 2.94. The summed E-state index contributed by atoms with van der Waals surface area (Å²) in [6, 6.07) is 12.8. The van der Waals surface area contributed by atoms with Gasteiger partial charge in [-0.15, -0.1) is 0 Å². The number of hydrogen-bond donors (Lipinski definition) is 2. The number of aliphatic hydroxyl groups is 1. The van der Waals surface area contributed by atoms with Crippen molar-refractivity contribution in [2.75, 3.05) is 26.7 Å². The van der Waals surface area contributed by atoms with Crippen molar-refractivity contribution in [1.29, 1.82) is 0 Å². The predicted molar refractivity (Wildman–Crippen MR) is 147 cm³/mol. The zero-order valence-electron chi connectivity index (χ0n) is 22.7. The maximum Gasteiger partial charge on any atom is 0.416 e. The first-order chi connectivity index (χ1) is 19.1. The number of carbonyl (C=O) groups is 1. The average molecular weight is 559 g/mol. The summed E-state index contributed by atoms with van der Waals surface area (Å²) in [5, 5.41) is 21.3. The van der Waals surface area contributed by atoms with Crippen LogP contribution in [0.25, 0.3) is 10.9 Å². The van der Waals surface area contributed by atoms with Crippen LogP contribution in [-0.4, -0.2) is 52.8 Å². The van der Waals surface area contributed by atoms with E-state index in [1.165, 1.54) is 12.1 Å². The van der Waals surface area contributed by atoms with E-state index in [4.69, 9.17) is 4.74 Å². The number of nitrogens with zero attached hydrogens (tertiary/aromatic N) is 2. The molecule has 0 radical (unpaired) electrons. The molecule has 216 valence electrons. The molecule has 1 fully saturated rings. The van der Waals surface area contributed by atoms with Crippen molar-refractivity contribution in [3.05, 3.63) is 71.4 Å². The Bertz CT molecular complexity index is 1270. The second kappa shape index (κ2) is 13.5. The van der Waals surface area contributed by atoms with E-state index in [0.717, 1.165) is 73.1 Å². The number of piperidine rings is 1. The number of alkyl halides is 3. The van der Waals surface area contributed by atoms with Crippen LogP contribution in [0.4, 0.5) is 13.2 Å². The lowest BCUT2D eigenvalue weighted by Gasteiger charge is -2.39. The van der Waals surface area contributed by atoms with E-state index in [1.54, 1.807) is 13.3 Å². The maximum atomic E-state index is 12.8. The molecule has 2 heterocycles. The summed E-state index contributed by atoms with van der Waals surface area (Å²) in [6.45, 7) is 2.48. The minimum Gasteiger partial charge on any atom is -0.497 e. The highest BCUT2D eigenvalue weighted by Gasteiger charge is 2.31. The summed E-state index contributed by atoms with van der Waals surface area (Å²) in [7, 11) is 1.60. The van der Waals surface area contributed by atoms with Gasteiger partial charge in [0.1, 0.15) is 5.75 Å². The molecule has 1 aliphatic rings. The molecule has 0 spiro atoms. The van der Waals surface area contributed by atoms with Gasteiger partial charge in [-0.05, 0) is 111 Å². The van der Waals surface area contributed by atoms with Gasteiger partial charge in [-0.25, -0.2) is 0 Å². The van der Waals surface area contributed by atoms with Gasteiger partial charge < -0.3 is 19.8 Å². The van der Waals surface area contributed by atoms with Crippen LogP contribution in [0.3, 0.4) is 0 Å². The van der Waals surface area contributed by atoms with Crippen LogP contribution in [0.5, 0.6) is 5.75 Å². The number of methoxy groups -OCH3 is 1. The number of fused-ring (bicyclic) bond motifs is 1. The highest BCUT2D eigenvalue weighted by Crippen LogP contribution is 2.35. The number of ether oxygens (including phenoxy) is 1. The molecule has 2 unspecified atom stereocenters. The van der Waals surface area contributed by atoms with Crippen LogP contribution in [0.2, 0.25) is 0 Å². The normalized spacial score (nSPS) is 19.0. The second-order valence-corrected chi connectivity index (χ2v) is 10.7. The second-order valence-electron chi connectivity index (χ2n) is 10.7. The van der Waals surface area contributed by atoms with Gasteiger partial charge in [-0.2, -0.15) is 13.2 Å². The Labute approximate surface area is 232 Å². The molecule has 1 aliphatic heterocycles. The van der Waals surface area contributed by atoms with Crippen molar-refractivity contribution >= 4 is 16.9 Å². The number of pyridine rings is 1. The monoisotopic (exact) mass is 558 g/mol. The Hall–Kier alpha value is -3.17. The number of rotatable bonds is 12. The number of halogens is 3. The number of benzene rings is 2. The highest BCUT2D eigenvalue weighted by molar-refractivity contribution is 5.83. The first-order valence-electron chi connectivity index (χ1n) is 13.8. The number of aryl methyl sites for hydroxylation is 1. The number of aromatic nitrogens is 1. The van der Waals surface area contributed by atoms with Crippen LogP contribution in [-0.2, 0) is 17.4 Å². The summed E-state index contributed by atoms with van der Waals surface area (Å²) in [5.41, 5.74) is 1.84. The molecule has 0 aliphatic carbocycles. The van der Waals surface area contributed by atoms with E-state index in [9.17, 15) is 28.2 Å². The van der Waals surface area contributed by atoms with Crippen molar-refractivity contribution in [3.8, 4) is 5.75 Å². The molecule has 0 bridgehead atoms. The van der Waals surface area contributed by atoms with Crippen LogP contribution in [0.1, 0.15) is 61.3 Å². The fourth-order valence-electron chi connectivity index (χ4n) is 5.83. The van der Waals surface area contributed by atoms with Crippen molar-refractivity contribution in [1.82, 2.24) is 9.88 Å². The molecular weight excluding hydrogens is 521 g/mol. The van der Waals surface area contributed by atoms with Gasteiger partial charge in [-0.1, -0.05) is 12.1 Å². The minimum absolute atomic E-state index is 0.109. The lowest BCUT2D eigenvalue weighted by molar-refractivity contribution is -0.138. The third kappa shape index (κ3) is 7.95. The van der Waals surface area contributed by atoms with E-state index in [1.807, 2.05) is 24.3 Å². The molecular formula is C31H37F3N2O4. The fourth-order valence-corrected chi connectivity index (χ4v) is 5.83. The number of hydrogen-bond acceptors (Lipinski definition) is 5. The largest absolute Gasteiger partial charge is 0.497 e. The summed E-state index contributed by atoms with van der Waals surface area (Å²) in [6.07, 6.45) is 1.18. The fraction of sp³-hybridized carbons (Fsp3) is 0.484. The number of carboxylic acid groups (broad SMARTS) is 1. The standard InChI is InChI=1S/C31H37F3N2O4/c1-40-25-10-11-28-27(19-25)26(14-16-35-28)29(37)12-6-22-15-18-36(20-23(22)7-13-30(38)39)17-2-3-21-4-8-24(9-5-21)31(32,33)34/h4-5,8-11,14,16,19,22-23,29,37H,2-3,6-7,12-13,15,17-18,20H2,1H3,(H,38,39)/t22?,23?,29-/m0/s1. The highest BCUT2D eigenvalue weighted by atomic mass is 19.4. The quantitative estimate of drug-likeness (QED) is 0.264. The third-order valence-corrected chi connectivity index (χ3v) is 8.08. The van der Waals surface area contributed by atoms with E-state index < -0.39 is 23.8 Å². The Morgan fingerprint density at radius 1 is 1.12 bits per heavy atom. The summed E-state index contributed by atoms with van der Waals surface area (Å²) in [4.78, 5) is 18.1. The zero-order valence-corrected chi connectivity index (χ0v) is 22.7. The van der Waals surface area contributed by atoms with Gasteiger partial charge in [0.2, 0.25) is 0 Å². The first-order valence-corrected chi connectivity index (χ1v) is 13.8. The molecule has 3 aromatic rings. The van der Waals surface area contributed by atoms with Crippen LogP contribution in [0, 0.1) is 11.8 Å². The van der Waals surface area contributed by atoms with E-state index in [2.05, 4.69) is 9.88 Å². The Morgan fingerprint density at radius 3 is 2.60 bits per heavy atom. The van der Waals surface area contributed by atoms with Crippen LogP contribution >= 0.6 is 0 Å². The van der Waals surface area contributed by atoms with E-state index >= 15 is 0 Å². The molecule has 1 saturated heterocycles. The van der Waals surface area contributed by atoms with Gasteiger partial charge in [0.05, 0.1) is 24.3 Å². The van der Waals surface area contributed by atoms with Gasteiger partial charge in [0.15, 0.2) is 0 Å². The van der Waals surface area contributed by atoms with Crippen molar-refractivity contribution in [2.24, 2.45) is 11.8 Å². The summed E-state index contributed by atoms with van der Waals surface area (Å²) < 4.78 is 43.8. The molecule has 40 heavy (non-hydrogen) atoms. The lowest BCUT2D eigenvalue weighted by atomic mass is 9.79. The SMILES string of the molecule is COc1ccc2nccc([C@@H](O)CCC3CCN(CCCc4ccc(C(F)(F)F)cc4)CC3CCC(=O)O)c2c1. The van der Waals surface area contributed by atoms with Crippen molar-refractivity contribution in [3.63, 3.8) is 0 Å². The number of aliphatic carboxylic acids is 1. The molecule has 2 aromatic carbocycles. The molecule has 3 atom stereocenters. The van der Waals surface area contributed by atoms with Gasteiger partial charge >= 0.3 is 12.1 Å². The summed E-state index contributed by atoms with van der Waals surface area (Å²) >= 11 is 0. The smallest absolute Gasteiger partial charge is 0.416 e. The van der Waals surface area contributed by atoms with Crippen molar-refractivity contribution < 1.29 is 32.9 Å². The Balaban J connectivity index is 1.33. The maximum absolute atomic E-state index is 12.8. The molecule has 0 saturated carbocycles. The first kappa shape index (κ1) is 29.8. The lowest BCUT2D eigenvalue weighted by Crippen LogP contribution is -2.41. The predicted octanol–water partition coefficient (Wildman–Crippen LogP) is 6.51. The zero-order chi connectivity index (χ0) is 28.7. The minimum atomic E-state index is -4.33. The van der Waals surface area contributed by atoms with Crippen LogP contribution < -0.4 is 4.74 Å². The summed E-state index contributed by atoms with van der Waals surface area (Å²) in [5.74, 6) is 0.406. The number of likely N-dealkylation sites (tertiary alicyclic amines) is 1. The Morgan fingerprint density at radius 2 is 1.90 bits per heavy atom. The van der Waals surface area contributed by atoms with Gasteiger partial charge in [0, 0.05) is 24.5 Å². The molecule has 2 N–H and O–H groups in total.